The van der Waals surface area contributed by atoms with Crippen molar-refractivity contribution in [3.05, 3.63) is 52.8 Å². The maximum absolute atomic E-state index is 5.85. The molecule has 0 spiro atoms. The molecular weight excluding hydrogens is 497 g/mol. The zero-order valence-corrected chi connectivity index (χ0v) is 19.6. The number of nitrogens with zero attached hydrogens (tertiary/aromatic N) is 5. The number of rotatable bonds is 3. The number of tetrazole rings is 1. The first-order valence-electron chi connectivity index (χ1n) is 9.67. The minimum absolute atomic E-state index is 0. The van der Waals surface area contributed by atoms with Gasteiger partial charge < -0.3 is 42.7 Å². The Hall–Kier alpha value is -2.40. The van der Waals surface area contributed by atoms with E-state index in [1.165, 1.54) is 5.56 Å². The Morgan fingerprint density at radius 1 is 1.20 bits per heavy atom. The molecule has 2 aromatic carbocycles. The number of ether oxygens (including phenoxy) is 3. The van der Waals surface area contributed by atoms with Gasteiger partial charge in [-0.2, -0.15) is 4.68 Å². The van der Waals surface area contributed by atoms with Gasteiger partial charge in [0.15, 0.2) is 17.5 Å². The molecule has 3 aromatic rings. The molecule has 9 heteroatoms. The van der Waals surface area contributed by atoms with Gasteiger partial charge in [0, 0.05) is 6.42 Å². The highest BCUT2D eigenvalue weighted by molar-refractivity contribution is 5.62. The molecule has 2 aliphatic heterocycles. The lowest BCUT2D eigenvalue weighted by atomic mass is 9.88. The van der Waals surface area contributed by atoms with Gasteiger partial charge in [0.05, 0.1) is 39.0 Å². The molecule has 0 amide bonds. The molecule has 3 heterocycles. The molecule has 0 fully saturated rings. The van der Waals surface area contributed by atoms with Crippen LogP contribution in [0.2, 0.25) is 0 Å². The van der Waals surface area contributed by atoms with E-state index in [4.69, 9.17) is 14.2 Å². The average Bonchev–Trinajstić information content (AvgIpc) is 3.35. The summed E-state index contributed by atoms with van der Waals surface area (Å²) in [5.74, 6) is 2.89. The van der Waals surface area contributed by atoms with Crippen molar-refractivity contribution in [2.45, 2.75) is 19.4 Å². The monoisotopic (exact) mass is 521 g/mol. The van der Waals surface area contributed by atoms with E-state index in [2.05, 4.69) is 48.7 Å². The van der Waals surface area contributed by atoms with E-state index in [-0.39, 0.29) is 36.8 Å². The Morgan fingerprint density at radius 3 is 2.77 bits per heavy atom. The first kappa shape index (κ1) is 20.9. The first-order valence-corrected chi connectivity index (χ1v) is 9.67. The van der Waals surface area contributed by atoms with Crippen LogP contribution < -0.4 is 38.2 Å². The van der Waals surface area contributed by atoms with Crippen LogP contribution in [0, 0.1) is 6.92 Å². The quantitative estimate of drug-likeness (QED) is 0.340. The van der Waals surface area contributed by atoms with Gasteiger partial charge in [0.25, 0.3) is 0 Å². The summed E-state index contributed by atoms with van der Waals surface area (Å²) in [6.07, 6.45) is 0.914. The molecule has 1 unspecified atom stereocenters. The summed E-state index contributed by atoms with van der Waals surface area (Å²) in [6, 6.07) is 10.1. The van der Waals surface area contributed by atoms with Crippen molar-refractivity contribution in [1.82, 2.24) is 20.2 Å². The molecule has 8 nitrogen and oxygen atoms in total. The van der Waals surface area contributed by atoms with Crippen LogP contribution in [0.4, 0.5) is 0 Å². The van der Waals surface area contributed by atoms with Crippen molar-refractivity contribution >= 4 is 0 Å². The molecule has 0 aliphatic carbocycles. The molecular formula is C21H24IN5O3. The van der Waals surface area contributed by atoms with E-state index in [1.807, 2.05) is 22.9 Å². The lowest BCUT2D eigenvalue weighted by molar-refractivity contribution is -0.917. The molecule has 5 rings (SSSR count). The first-order chi connectivity index (χ1) is 14.0. The molecule has 158 valence electrons. The summed E-state index contributed by atoms with van der Waals surface area (Å²) in [6.45, 7) is 3.22. The predicted molar refractivity (Wildman–Crippen MR) is 106 cm³/mol. The second-order valence-electron chi connectivity index (χ2n) is 8.11. The van der Waals surface area contributed by atoms with Crippen molar-refractivity contribution in [2.75, 3.05) is 34.5 Å². The van der Waals surface area contributed by atoms with E-state index in [0.29, 0.717) is 16.0 Å². The Morgan fingerprint density at radius 2 is 2.00 bits per heavy atom. The normalized spacial score (nSPS) is 18.5. The molecule has 0 radical (unpaired) electrons. The molecule has 0 saturated heterocycles. The Kier molecular flexibility index (Phi) is 5.35. The zero-order chi connectivity index (χ0) is 20.2. The van der Waals surface area contributed by atoms with Crippen LogP contribution in [0.1, 0.15) is 28.6 Å². The maximum atomic E-state index is 5.85. The lowest BCUT2D eigenvalue weighted by Gasteiger charge is -2.42. The van der Waals surface area contributed by atoms with Crippen molar-refractivity contribution in [3.8, 4) is 22.9 Å². The number of methoxy groups -OCH3 is 1. The molecule has 0 saturated carbocycles. The maximum Gasteiger partial charge on any atom is 0.231 e. The minimum Gasteiger partial charge on any atom is -1.00 e. The molecule has 1 aromatic heterocycles. The Balaban J connectivity index is 0.00000218. The third-order valence-electron chi connectivity index (χ3n) is 5.96. The highest BCUT2D eigenvalue weighted by atomic mass is 127. The molecule has 2 aliphatic rings. The summed E-state index contributed by atoms with van der Waals surface area (Å²) >= 11 is 0. The Bertz CT molecular complexity index is 1100. The molecule has 0 N–H and O–H groups in total. The number of benzene rings is 2. The van der Waals surface area contributed by atoms with Crippen LogP contribution in [0.3, 0.4) is 0 Å². The Labute approximate surface area is 192 Å². The van der Waals surface area contributed by atoms with Crippen LogP contribution in [0.5, 0.6) is 17.2 Å². The van der Waals surface area contributed by atoms with E-state index in [9.17, 15) is 0 Å². The van der Waals surface area contributed by atoms with Gasteiger partial charge >= 0.3 is 0 Å². The van der Waals surface area contributed by atoms with E-state index in [1.54, 1.807) is 7.11 Å². The van der Waals surface area contributed by atoms with Gasteiger partial charge in [-0.3, -0.25) is 0 Å². The van der Waals surface area contributed by atoms with Gasteiger partial charge in [-0.25, -0.2) is 0 Å². The van der Waals surface area contributed by atoms with E-state index in [0.717, 1.165) is 41.4 Å². The summed E-state index contributed by atoms with van der Waals surface area (Å²) in [5.41, 5.74) is 4.34. The summed E-state index contributed by atoms with van der Waals surface area (Å²) in [5, 5.41) is 12.9. The molecule has 0 bridgehead atoms. The minimum atomic E-state index is -0.113. The number of para-hydroxylation sites is 1. The van der Waals surface area contributed by atoms with Gasteiger partial charge in [-0.1, -0.05) is 18.2 Å². The van der Waals surface area contributed by atoms with Gasteiger partial charge in [0.2, 0.25) is 18.4 Å². The fourth-order valence-electron chi connectivity index (χ4n) is 4.45. The third-order valence-corrected chi connectivity index (χ3v) is 5.96. The van der Waals surface area contributed by atoms with Crippen molar-refractivity contribution in [2.24, 2.45) is 0 Å². The largest absolute Gasteiger partial charge is 1.00 e. The van der Waals surface area contributed by atoms with Crippen molar-refractivity contribution in [1.29, 1.82) is 0 Å². The van der Waals surface area contributed by atoms with Gasteiger partial charge in [-0.15, -0.1) is 5.10 Å². The fourth-order valence-corrected chi connectivity index (χ4v) is 4.45. The van der Waals surface area contributed by atoms with Crippen LogP contribution in [-0.2, 0) is 6.42 Å². The average molecular weight is 521 g/mol. The van der Waals surface area contributed by atoms with E-state index < -0.39 is 0 Å². The smallest absolute Gasteiger partial charge is 0.231 e. The van der Waals surface area contributed by atoms with Gasteiger partial charge in [-0.05, 0) is 40.6 Å². The van der Waals surface area contributed by atoms with E-state index >= 15 is 0 Å². The second-order valence-corrected chi connectivity index (χ2v) is 8.11. The number of aryl methyl sites for hydroxylation is 1. The number of aromatic nitrogens is 4. The zero-order valence-electron chi connectivity index (χ0n) is 17.4. The topological polar surface area (TPSA) is 71.3 Å². The fraction of sp³-hybridized carbons (Fsp3) is 0.381. The number of fused-ring (bicyclic) bond motifs is 2. The highest BCUT2D eigenvalue weighted by Crippen LogP contribution is 2.51. The molecule has 30 heavy (non-hydrogen) atoms. The van der Waals surface area contributed by atoms with Gasteiger partial charge in [0.1, 0.15) is 0 Å². The number of halogens is 1. The standard InChI is InChI=1S/C21H24N5O3.HI/c1-13-7-5-6-8-15(13)25-21(22-23-24-25)18-17-14(9-10-26(18,2)3)11-16-19(20(17)27-4)29-12-28-16;/h5-8,11,18H,9-10,12H2,1-4H3;1H/q+1;/p-1. The number of hydrogen-bond donors (Lipinski definition) is 0. The summed E-state index contributed by atoms with van der Waals surface area (Å²) < 4.78 is 19.8. The third kappa shape index (κ3) is 3.11. The van der Waals surface area contributed by atoms with Crippen LogP contribution in [0.15, 0.2) is 30.3 Å². The van der Waals surface area contributed by atoms with Crippen LogP contribution in [-0.4, -0.2) is 59.2 Å². The summed E-state index contributed by atoms with van der Waals surface area (Å²) in [7, 11) is 6.08. The van der Waals surface area contributed by atoms with Crippen LogP contribution >= 0.6 is 0 Å². The van der Waals surface area contributed by atoms with Crippen molar-refractivity contribution in [3.63, 3.8) is 0 Å². The molecule has 1 atom stereocenters. The highest BCUT2D eigenvalue weighted by Gasteiger charge is 2.45. The number of quaternary nitrogens is 1. The SMILES string of the molecule is COc1c2c(cc3c1C(c1nnnn1-c1ccccc1C)[N+](C)(C)CC3)OCO2.[I-]. The van der Waals surface area contributed by atoms with Crippen LogP contribution in [0.25, 0.3) is 5.69 Å². The summed E-state index contributed by atoms with van der Waals surface area (Å²) in [4.78, 5) is 0. The predicted octanol–water partition coefficient (Wildman–Crippen LogP) is -0.566. The number of hydrogen-bond acceptors (Lipinski definition) is 6. The number of likely N-dealkylation sites (N-methyl/N-ethyl adjacent to an activating group) is 1. The lowest BCUT2D eigenvalue weighted by Crippen LogP contribution is -3.00. The second kappa shape index (κ2) is 7.69. The van der Waals surface area contributed by atoms with Crippen molar-refractivity contribution < 1.29 is 42.7 Å².